The molecule has 0 bridgehead atoms. The zero-order valence-corrected chi connectivity index (χ0v) is 11.8. The first-order chi connectivity index (χ1) is 10.1. The number of pyridine rings is 1. The van der Waals surface area contributed by atoms with E-state index in [9.17, 15) is 4.79 Å². The van der Waals surface area contributed by atoms with Crippen LogP contribution in [0.15, 0.2) is 24.4 Å². The second-order valence-corrected chi connectivity index (χ2v) is 4.28. The predicted molar refractivity (Wildman–Crippen MR) is 76.5 cm³/mol. The van der Waals surface area contributed by atoms with Gasteiger partial charge in [0.05, 0.1) is 6.61 Å². The molecule has 7 heteroatoms. The van der Waals surface area contributed by atoms with Crippen LogP contribution in [0.1, 0.15) is 28.8 Å². The van der Waals surface area contributed by atoms with Gasteiger partial charge >= 0.3 is 5.97 Å². The third-order valence-corrected chi connectivity index (χ3v) is 2.62. The van der Waals surface area contributed by atoms with E-state index in [1.165, 1.54) is 12.3 Å². The Balaban J connectivity index is 2.03. The molecule has 0 amide bonds. The number of aromatic carboxylic acids is 1. The maximum atomic E-state index is 10.7. The molecular formula is C14H16N4O3. The van der Waals surface area contributed by atoms with E-state index in [0.717, 1.165) is 5.56 Å². The monoisotopic (exact) mass is 288 g/mol. The van der Waals surface area contributed by atoms with Gasteiger partial charge in [-0.3, -0.25) is 0 Å². The molecule has 2 aromatic rings. The number of anilines is 1. The number of ether oxygens (including phenoxy) is 1. The Labute approximate surface area is 122 Å². The Kier molecular flexibility index (Phi) is 4.65. The highest BCUT2D eigenvalue weighted by Crippen LogP contribution is 2.14. The van der Waals surface area contributed by atoms with Crippen LogP contribution in [0.25, 0.3) is 0 Å². The number of nitrogens with one attached hydrogen (secondary N) is 1. The van der Waals surface area contributed by atoms with Crippen molar-refractivity contribution >= 4 is 11.8 Å². The van der Waals surface area contributed by atoms with Crippen molar-refractivity contribution in [3.05, 3.63) is 41.5 Å². The van der Waals surface area contributed by atoms with E-state index >= 15 is 0 Å². The molecule has 21 heavy (non-hydrogen) atoms. The average Bonchev–Trinajstić information content (AvgIpc) is 2.45. The fraction of sp³-hybridized carbons (Fsp3) is 0.286. The Hall–Kier alpha value is -2.70. The third kappa shape index (κ3) is 4.13. The van der Waals surface area contributed by atoms with E-state index in [0.29, 0.717) is 30.7 Å². The lowest BCUT2D eigenvalue weighted by atomic mass is 10.2. The molecular weight excluding hydrogens is 272 g/mol. The maximum absolute atomic E-state index is 10.7. The Morgan fingerprint density at radius 2 is 2.19 bits per heavy atom. The fourth-order valence-corrected chi connectivity index (χ4v) is 1.70. The van der Waals surface area contributed by atoms with Crippen molar-refractivity contribution in [3.63, 3.8) is 0 Å². The molecule has 2 N–H and O–H groups in total. The van der Waals surface area contributed by atoms with Crippen LogP contribution in [0.4, 0.5) is 5.82 Å². The smallest absolute Gasteiger partial charge is 0.354 e. The van der Waals surface area contributed by atoms with Crippen LogP contribution in [0.3, 0.4) is 0 Å². The first kappa shape index (κ1) is 14.7. The van der Waals surface area contributed by atoms with E-state index in [1.54, 1.807) is 19.1 Å². The van der Waals surface area contributed by atoms with Gasteiger partial charge in [0.2, 0.25) is 5.88 Å². The summed E-state index contributed by atoms with van der Waals surface area (Å²) in [5.41, 5.74) is 0.879. The lowest BCUT2D eigenvalue weighted by Crippen LogP contribution is -2.06. The van der Waals surface area contributed by atoms with Crippen LogP contribution < -0.4 is 10.1 Å². The highest BCUT2D eigenvalue weighted by Gasteiger charge is 2.05. The summed E-state index contributed by atoms with van der Waals surface area (Å²) in [4.78, 5) is 23.0. The van der Waals surface area contributed by atoms with E-state index < -0.39 is 5.97 Å². The van der Waals surface area contributed by atoms with Gasteiger partial charge in [0, 0.05) is 18.8 Å². The minimum atomic E-state index is -1.04. The summed E-state index contributed by atoms with van der Waals surface area (Å²) in [6, 6.07) is 4.90. The van der Waals surface area contributed by atoms with E-state index in [2.05, 4.69) is 20.3 Å². The van der Waals surface area contributed by atoms with Crippen molar-refractivity contribution in [3.8, 4) is 5.88 Å². The summed E-state index contributed by atoms with van der Waals surface area (Å²) in [5, 5.41) is 11.9. The maximum Gasteiger partial charge on any atom is 0.354 e. The van der Waals surface area contributed by atoms with Crippen LogP contribution >= 0.6 is 0 Å². The van der Waals surface area contributed by atoms with Crippen LogP contribution in [0.5, 0.6) is 5.88 Å². The molecule has 0 aromatic carbocycles. The molecule has 0 saturated carbocycles. The van der Waals surface area contributed by atoms with E-state index in [4.69, 9.17) is 9.84 Å². The van der Waals surface area contributed by atoms with Crippen LogP contribution in [-0.2, 0) is 6.54 Å². The summed E-state index contributed by atoms with van der Waals surface area (Å²) in [5.74, 6) is 0.741. The van der Waals surface area contributed by atoms with Gasteiger partial charge in [0.1, 0.15) is 17.3 Å². The van der Waals surface area contributed by atoms with Gasteiger partial charge in [-0.05, 0) is 25.5 Å². The molecule has 0 spiro atoms. The minimum Gasteiger partial charge on any atom is -0.478 e. The van der Waals surface area contributed by atoms with Crippen molar-refractivity contribution in [2.75, 3.05) is 11.9 Å². The highest BCUT2D eigenvalue weighted by molar-refractivity contribution is 5.85. The molecule has 2 rings (SSSR count). The Bertz CT molecular complexity index is 629. The zero-order valence-electron chi connectivity index (χ0n) is 11.8. The van der Waals surface area contributed by atoms with Gasteiger partial charge in [-0.15, -0.1) is 0 Å². The standard InChI is InChI=1S/C14H16N4O3/c1-3-21-13-6-12(17-9(2)18-13)16-8-10-4-5-11(14(19)20)15-7-10/h4-7H,3,8H2,1-2H3,(H,19,20)(H,16,17,18). The number of hydrogen-bond donors (Lipinski definition) is 2. The Morgan fingerprint density at radius 1 is 1.38 bits per heavy atom. The minimum absolute atomic E-state index is 0.0234. The molecule has 7 nitrogen and oxygen atoms in total. The number of carboxylic acids is 1. The molecule has 2 aromatic heterocycles. The Morgan fingerprint density at radius 3 is 2.81 bits per heavy atom. The number of carboxylic acid groups (broad SMARTS) is 1. The average molecular weight is 288 g/mol. The first-order valence-corrected chi connectivity index (χ1v) is 6.49. The van der Waals surface area contributed by atoms with Gasteiger partial charge < -0.3 is 15.2 Å². The summed E-state index contributed by atoms with van der Waals surface area (Å²) >= 11 is 0. The summed E-state index contributed by atoms with van der Waals surface area (Å²) < 4.78 is 5.35. The van der Waals surface area contributed by atoms with Gasteiger partial charge in [-0.1, -0.05) is 6.07 Å². The first-order valence-electron chi connectivity index (χ1n) is 6.49. The SMILES string of the molecule is CCOc1cc(NCc2ccc(C(=O)O)nc2)nc(C)n1. The molecule has 0 unspecified atom stereocenters. The predicted octanol–water partition coefficient (Wildman–Crippen LogP) is 1.89. The molecule has 2 heterocycles. The number of aryl methyl sites for hydroxylation is 1. The molecule has 0 saturated heterocycles. The summed E-state index contributed by atoms with van der Waals surface area (Å²) in [6.45, 7) is 4.70. The second kappa shape index (κ2) is 6.65. The molecule has 0 aliphatic rings. The number of rotatable bonds is 6. The lowest BCUT2D eigenvalue weighted by Gasteiger charge is -2.08. The number of aromatic nitrogens is 3. The van der Waals surface area contributed by atoms with Crippen molar-refractivity contribution in [2.24, 2.45) is 0 Å². The van der Waals surface area contributed by atoms with Gasteiger partial charge in [-0.2, -0.15) is 4.98 Å². The number of hydrogen-bond acceptors (Lipinski definition) is 6. The largest absolute Gasteiger partial charge is 0.478 e. The lowest BCUT2D eigenvalue weighted by molar-refractivity contribution is 0.0690. The molecule has 0 aliphatic carbocycles. The molecule has 0 aliphatic heterocycles. The molecule has 110 valence electrons. The van der Waals surface area contributed by atoms with Gasteiger partial charge in [0.25, 0.3) is 0 Å². The highest BCUT2D eigenvalue weighted by atomic mass is 16.5. The summed E-state index contributed by atoms with van der Waals surface area (Å²) in [7, 11) is 0. The summed E-state index contributed by atoms with van der Waals surface area (Å²) in [6.07, 6.45) is 1.52. The van der Waals surface area contributed by atoms with Crippen LogP contribution in [0, 0.1) is 6.92 Å². The van der Waals surface area contributed by atoms with Gasteiger partial charge in [-0.25, -0.2) is 14.8 Å². The second-order valence-electron chi connectivity index (χ2n) is 4.28. The third-order valence-electron chi connectivity index (χ3n) is 2.62. The van der Waals surface area contributed by atoms with Crippen molar-refractivity contribution in [1.82, 2.24) is 15.0 Å². The topological polar surface area (TPSA) is 97.2 Å². The van der Waals surface area contributed by atoms with Crippen molar-refractivity contribution < 1.29 is 14.6 Å². The number of carbonyl (C=O) groups is 1. The normalized spacial score (nSPS) is 10.2. The quantitative estimate of drug-likeness (QED) is 0.837. The van der Waals surface area contributed by atoms with Crippen molar-refractivity contribution in [2.45, 2.75) is 20.4 Å². The van der Waals surface area contributed by atoms with Crippen LogP contribution in [0.2, 0.25) is 0 Å². The van der Waals surface area contributed by atoms with Crippen molar-refractivity contribution in [1.29, 1.82) is 0 Å². The molecule has 0 atom stereocenters. The van der Waals surface area contributed by atoms with E-state index in [1.807, 2.05) is 6.92 Å². The van der Waals surface area contributed by atoms with Crippen LogP contribution in [-0.4, -0.2) is 32.6 Å². The van der Waals surface area contributed by atoms with E-state index in [-0.39, 0.29) is 5.69 Å². The van der Waals surface area contributed by atoms with Gasteiger partial charge in [0.15, 0.2) is 0 Å². The molecule has 0 radical (unpaired) electrons. The molecule has 0 fully saturated rings. The fourth-order valence-electron chi connectivity index (χ4n) is 1.70. The zero-order chi connectivity index (χ0) is 15.2. The number of nitrogens with zero attached hydrogens (tertiary/aromatic N) is 3.